The predicted octanol–water partition coefficient (Wildman–Crippen LogP) is 2.23. The van der Waals surface area contributed by atoms with Crippen molar-refractivity contribution in [3.8, 4) is 0 Å². The molecule has 0 fully saturated rings. The lowest BCUT2D eigenvalue weighted by Gasteiger charge is -2.01. The number of pyridine rings is 1. The van der Waals surface area contributed by atoms with Gasteiger partial charge in [0.25, 0.3) is 0 Å². The molecule has 1 aromatic carbocycles. The summed E-state index contributed by atoms with van der Waals surface area (Å²) in [5.74, 6) is -0.963. The summed E-state index contributed by atoms with van der Waals surface area (Å²) in [5.41, 5.74) is 4.47. The van der Waals surface area contributed by atoms with E-state index in [0.29, 0.717) is 5.69 Å². The van der Waals surface area contributed by atoms with Crippen molar-refractivity contribution in [1.82, 2.24) is 4.98 Å². The summed E-state index contributed by atoms with van der Waals surface area (Å²) in [6.45, 7) is 0. The molecule has 2 aromatic rings. The van der Waals surface area contributed by atoms with Crippen LogP contribution in [-0.2, 0) is 0 Å². The third-order valence-corrected chi connectivity index (χ3v) is 2.20. The lowest BCUT2D eigenvalue weighted by molar-refractivity contribution is 0.0697. The summed E-state index contributed by atoms with van der Waals surface area (Å²) in [4.78, 5) is 14.7. The van der Waals surface area contributed by atoms with Gasteiger partial charge in [0.2, 0.25) is 0 Å². The molecule has 0 saturated heterocycles. The van der Waals surface area contributed by atoms with Gasteiger partial charge < -0.3 is 5.11 Å². The van der Waals surface area contributed by atoms with Gasteiger partial charge in [-0.2, -0.15) is 5.10 Å². The summed E-state index contributed by atoms with van der Waals surface area (Å²) in [7, 11) is 0. The van der Waals surface area contributed by atoms with Gasteiger partial charge in [-0.25, -0.2) is 4.79 Å². The third-order valence-electron chi connectivity index (χ3n) is 2.20. The Morgan fingerprint density at radius 3 is 2.94 bits per heavy atom. The molecular formula is C13H11N3O2. The fraction of sp³-hybridized carbons (Fsp3) is 0. The molecule has 2 N–H and O–H groups in total. The van der Waals surface area contributed by atoms with E-state index in [1.165, 1.54) is 12.1 Å². The molecule has 0 aliphatic heterocycles. The summed E-state index contributed by atoms with van der Waals surface area (Å²) in [6.07, 6.45) is 4.97. The molecule has 0 spiro atoms. The zero-order chi connectivity index (χ0) is 12.8. The summed E-state index contributed by atoms with van der Waals surface area (Å²) in [5, 5.41) is 12.8. The maximum atomic E-state index is 10.8. The monoisotopic (exact) mass is 241 g/mol. The molecule has 0 aliphatic rings. The molecule has 0 atom stereocenters. The summed E-state index contributed by atoms with van der Waals surface area (Å²) >= 11 is 0. The maximum absolute atomic E-state index is 10.8. The zero-order valence-electron chi connectivity index (χ0n) is 9.45. The quantitative estimate of drug-likeness (QED) is 0.635. The van der Waals surface area contributed by atoms with Gasteiger partial charge in [0, 0.05) is 18.0 Å². The molecule has 1 heterocycles. The lowest BCUT2D eigenvalue weighted by Crippen LogP contribution is -1.97. The van der Waals surface area contributed by atoms with Crippen LogP contribution in [0.5, 0.6) is 0 Å². The van der Waals surface area contributed by atoms with Crippen LogP contribution in [0.15, 0.2) is 53.9 Å². The van der Waals surface area contributed by atoms with E-state index in [-0.39, 0.29) is 5.56 Å². The number of hydrogen-bond acceptors (Lipinski definition) is 4. The highest BCUT2D eigenvalue weighted by molar-refractivity contribution is 5.88. The number of carboxylic acids is 1. The van der Waals surface area contributed by atoms with Crippen LogP contribution in [0.25, 0.3) is 0 Å². The third kappa shape index (κ3) is 3.15. The van der Waals surface area contributed by atoms with Crippen LogP contribution >= 0.6 is 0 Å². The Balaban J connectivity index is 2.04. The Hall–Kier alpha value is -2.69. The van der Waals surface area contributed by atoms with Crippen LogP contribution in [0.3, 0.4) is 0 Å². The van der Waals surface area contributed by atoms with Crippen LogP contribution in [0.1, 0.15) is 15.9 Å². The molecule has 18 heavy (non-hydrogen) atoms. The first-order chi connectivity index (χ1) is 8.75. The minimum atomic E-state index is -0.963. The van der Waals surface area contributed by atoms with Crippen LogP contribution in [0.4, 0.5) is 5.69 Å². The average molecular weight is 241 g/mol. The topological polar surface area (TPSA) is 74.6 Å². The largest absolute Gasteiger partial charge is 0.478 e. The average Bonchev–Trinajstić information content (AvgIpc) is 2.40. The Morgan fingerprint density at radius 1 is 1.33 bits per heavy atom. The van der Waals surface area contributed by atoms with E-state index < -0.39 is 5.97 Å². The first-order valence-electron chi connectivity index (χ1n) is 5.28. The maximum Gasteiger partial charge on any atom is 0.335 e. The molecular weight excluding hydrogens is 230 g/mol. The minimum absolute atomic E-state index is 0.219. The normalized spacial score (nSPS) is 10.4. The molecule has 5 heteroatoms. The van der Waals surface area contributed by atoms with Crippen molar-refractivity contribution in [2.45, 2.75) is 0 Å². The molecule has 5 nitrogen and oxygen atoms in total. The first kappa shape index (κ1) is 11.8. The van der Waals surface area contributed by atoms with Crippen molar-refractivity contribution in [2.75, 3.05) is 5.43 Å². The van der Waals surface area contributed by atoms with E-state index in [4.69, 9.17) is 5.11 Å². The van der Waals surface area contributed by atoms with E-state index in [2.05, 4.69) is 15.5 Å². The molecule has 90 valence electrons. The Morgan fingerprint density at radius 2 is 2.22 bits per heavy atom. The van der Waals surface area contributed by atoms with Crippen molar-refractivity contribution in [3.63, 3.8) is 0 Å². The standard InChI is InChI=1S/C13H11N3O2/c17-13(18)11-4-1-5-12(7-11)16-15-9-10-3-2-6-14-8-10/h1-9,16H,(H,17,18)/b15-9+. The second kappa shape index (κ2) is 5.58. The number of carbonyl (C=O) groups is 1. The smallest absolute Gasteiger partial charge is 0.335 e. The number of benzene rings is 1. The van der Waals surface area contributed by atoms with Gasteiger partial charge in [-0.1, -0.05) is 12.1 Å². The number of hydrogen-bond donors (Lipinski definition) is 2. The van der Waals surface area contributed by atoms with Crippen LogP contribution < -0.4 is 5.43 Å². The van der Waals surface area contributed by atoms with Gasteiger partial charge in [0.15, 0.2) is 0 Å². The van der Waals surface area contributed by atoms with E-state index in [1.807, 2.05) is 12.1 Å². The van der Waals surface area contributed by atoms with Gasteiger partial charge in [-0.05, 0) is 24.3 Å². The highest BCUT2D eigenvalue weighted by atomic mass is 16.4. The first-order valence-corrected chi connectivity index (χ1v) is 5.28. The number of nitrogens with zero attached hydrogens (tertiary/aromatic N) is 2. The number of rotatable bonds is 4. The second-order valence-corrected chi connectivity index (χ2v) is 3.54. The van der Waals surface area contributed by atoms with Crippen LogP contribution in [0, 0.1) is 0 Å². The molecule has 1 aromatic heterocycles. The number of hydrazone groups is 1. The predicted molar refractivity (Wildman–Crippen MR) is 68.9 cm³/mol. The Bertz CT molecular complexity index is 567. The number of aromatic nitrogens is 1. The number of anilines is 1. The van der Waals surface area contributed by atoms with E-state index in [0.717, 1.165) is 5.56 Å². The van der Waals surface area contributed by atoms with Gasteiger partial charge in [-0.15, -0.1) is 0 Å². The SMILES string of the molecule is O=C(O)c1cccc(N/N=C/c2cccnc2)c1. The fourth-order valence-electron chi connectivity index (χ4n) is 1.36. The Labute approximate surface area is 104 Å². The fourth-order valence-corrected chi connectivity index (χ4v) is 1.36. The Kier molecular flexibility index (Phi) is 3.66. The molecule has 0 aliphatic carbocycles. The van der Waals surface area contributed by atoms with E-state index in [1.54, 1.807) is 30.7 Å². The molecule has 0 bridgehead atoms. The summed E-state index contributed by atoms with van der Waals surface area (Å²) < 4.78 is 0. The molecule has 0 saturated carbocycles. The van der Waals surface area contributed by atoms with Crippen molar-refractivity contribution >= 4 is 17.9 Å². The van der Waals surface area contributed by atoms with Gasteiger partial charge >= 0.3 is 5.97 Å². The van der Waals surface area contributed by atoms with Gasteiger partial charge in [0.05, 0.1) is 17.5 Å². The highest BCUT2D eigenvalue weighted by Gasteiger charge is 2.01. The summed E-state index contributed by atoms with van der Waals surface area (Å²) in [6, 6.07) is 10.1. The van der Waals surface area contributed by atoms with Crippen molar-refractivity contribution in [3.05, 3.63) is 59.9 Å². The highest BCUT2D eigenvalue weighted by Crippen LogP contribution is 2.10. The van der Waals surface area contributed by atoms with Crippen molar-refractivity contribution in [1.29, 1.82) is 0 Å². The number of nitrogens with one attached hydrogen (secondary N) is 1. The van der Waals surface area contributed by atoms with Crippen molar-refractivity contribution in [2.24, 2.45) is 5.10 Å². The number of carboxylic acid groups (broad SMARTS) is 1. The van der Waals surface area contributed by atoms with Crippen molar-refractivity contribution < 1.29 is 9.90 Å². The minimum Gasteiger partial charge on any atom is -0.478 e. The van der Waals surface area contributed by atoms with Crippen LogP contribution in [0.2, 0.25) is 0 Å². The second-order valence-electron chi connectivity index (χ2n) is 3.54. The van der Waals surface area contributed by atoms with Gasteiger partial charge in [-0.3, -0.25) is 10.4 Å². The lowest BCUT2D eigenvalue weighted by atomic mass is 10.2. The molecule has 0 unspecified atom stereocenters. The van der Waals surface area contributed by atoms with Crippen LogP contribution in [-0.4, -0.2) is 22.3 Å². The zero-order valence-corrected chi connectivity index (χ0v) is 9.45. The molecule has 2 rings (SSSR count). The van der Waals surface area contributed by atoms with E-state index in [9.17, 15) is 4.79 Å². The molecule has 0 radical (unpaired) electrons. The number of aromatic carboxylic acids is 1. The van der Waals surface area contributed by atoms with E-state index >= 15 is 0 Å². The molecule has 0 amide bonds. The van der Waals surface area contributed by atoms with Gasteiger partial charge in [0.1, 0.15) is 0 Å².